The van der Waals surface area contributed by atoms with Gasteiger partial charge in [-0.15, -0.1) is 5.10 Å². The molecule has 2 N–H and O–H groups in total. The van der Waals surface area contributed by atoms with Gasteiger partial charge in [0, 0.05) is 13.2 Å². The number of H-pyrrole nitrogens is 1. The zero-order chi connectivity index (χ0) is 11.8. The highest BCUT2D eigenvalue weighted by molar-refractivity contribution is 9.10. The molecule has 2 heterocycles. The first-order chi connectivity index (χ1) is 7.50. The van der Waals surface area contributed by atoms with Crippen LogP contribution in [0.4, 0.5) is 5.69 Å². The van der Waals surface area contributed by atoms with Crippen molar-refractivity contribution in [3.05, 3.63) is 17.0 Å². The highest BCUT2D eigenvalue weighted by Crippen LogP contribution is 2.20. The van der Waals surface area contributed by atoms with Gasteiger partial charge in [0.15, 0.2) is 4.60 Å². The van der Waals surface area contributed by atoms with Crippen LogP contribution in [0.2, 0.25) is 0 Å². The molecule has 0 bridgehead atoms. The zero-order valence-electron chi connectivity index (χ0n) is 8.05. The van der Waals surface area contributed by atoms with Crippen molar-refractivity contribution in [2.24, 2.45) is 7.05 Å². The Labute approximate surface area is 99.2 Å². The van der Waals surface area contributed by atoms with Crippen LogP contribution in [-0.2, 0) is 17.1 Å². The van der Waals surface area contributed by atoms with Crippen LogP contribution in [0.15, 0.2) is 22.0 Å². The molecule has 2 aromatic rings. The highest BCUT2D eigenvalue weighted by Gasteiger charge is 2.24. The maximum atomic E-state index is 11.9. The van der Waals surface area contributed by atoms with E-state index < -0.39 is 10.0 Å². The van der Waals surface area contributed by atoms with E-state index in [1.54, 1.807) is 0 Å². The lowest BCUT2D eigenvalue weighted by Gasteiger charge is -2.04. The molecule has 86 valence electrons. The van der Waals surface area contributed by atoms with Gasteiger partial charge < -0.3 is 0 Å². The molecule has 0 fully saturated rings. The molecule has 0 aliphatic heterocycles. The fourth-order valence-corrected chi connectivity index (χ4v) is 3.25. The molecule has 0 radical (unpaired) electrons. The Morgan fingerprint density at radius 2 is 2.31 bits per heavy atom. The molecule has 8 nitrogen and oxygen atoms in total. The van der Waals surface area contributed by atoms with E-state index in [0.717, 1.165) is 4.68 Å². The van der Waals surface area contributed by atoms with Gasteiger partial charge >= 0.3 is 0 Å². The number of aryl methyl sites for hydroxylation is 1. The quantitative estimate of drug-likeness (QED) is 0.836. The minimum Gasteiger partial charge on any atom is -0.284 e. The summed E-state index contributed by atoms with van der Waals surface area (Å²) >= 11 is 3.02. The van der Waals surface area contributed by atoms with E-state index in [2.05, 4.69) is 41.2 Å². The number of hydrogen-bond donors (Lipinski definition) is 2. The Kier molecular flexibility index (Phi) is 2.68. The molecule has 2 rings (SSSR count). The Bertz CT molecular complexity index is 569. The summed E-state index contributed by atoms with van der Waals surface area (Å²) in [6.45, 7) is 0. The van der Waals surface area contributed by atoms with Crippen molar-refractivity contribution in [3.63, 3.8) is 0 Å². The summed E-state index contributed by atoms with van der Waals surface area (Å²) in [5.74, 6) is 0. The van der Waals surface area contributed by atoms with Crippen LogP contribution in [0, 0.1) is 0 Å². The van der Waals surface area contributed by atoms with Gasteiger partial charge in [-0.2, -0.15) is 13.5 Å². The molecule has 0 aliphatic rings. The molecule has 0 unspecified atom stereocenters. The summed E-state index contributed by atoms with van der Waals surface area (Å²) in [7, 11) is -2.23. The Morgan fingerprint density at radius 1 is 1.56 bits per heavy atom. The first-order valence-electron chi connectivity index (χ1n) is 4.07. The van der Waals surface area contributed by atoms with Crippen LogP contribution in [0.5, 0.6) is 0 Å². The van der Waals surface area contributed by atoms with E-state index in [-0.39, 0.29) is 9.63 Å². The number of aromatic nitrogens is 5. The fourth-order valence-electron chi connectivity index (χ4n) is 1.12. The van der Waals surface area contributed by atoms with Gasteiger partial charge in [-0.1, -0.05) is 5.21 Å². The summed E-state index contributed by atoms with van der Waals surface area (Å²) < 4.78 is 27.5. The number of anilines is 1. The summed E-state index contributed by atoms with van der Waals surface area (Å²) in [6, 6.07) is 0. The number of nitrogens with one attached hydrogen (secondary N) is 2. The molecule has 10 heteroatoms. The lowest BCUT2D eigenvalue weighted by molar-refractivity contribution is 0.578. The summed E-state index contributed by atoms with van der Waals surface area (Å²) in [5.41, 5.74) is 0.341. The van der Waals surface area contributed by atoms with Gasteiger partial charge in [0.05, 0.1) is 11.9 Å². The Morgan fingerprint density at radius 3 is 2.81 bits per heavy atom. The summed E-state index contributed by atoms with van der Waals surface area (Å²) in [6.07, 6.45) is 2.78. The first-order valence-corrected chi connectivity index (χ1v) is 6.35. The maximum absolute atomic E-state index is 11.9. The average Bonchev–Trinajstić information content (AvgIpc) is 2.76. The van der Waals surface area contributed by atoms with Gasteiger partial charge in [0.25, 0.3) is 10.0 Å². The van der Waals surface area contributed by atoms with Gasteiger partial charge in [-0.05, 0) is 15.9 Å². The molecule has 0 saturated heterocycles. The zero-order valence-corrected chi connectivity index (χ0v) is 10.4. The predicted octanol–water partition coefficient (Wildman–Crippen LogP) is 0.101. The molecule has 0 atom stereocenters. The second kappa shape index (κ2) is 3.87. The van der Waals surface area contributed by atoms with Crippen LogP contribution in [0.25, 0.3) is 0 Å². The van der Waals surface area contributed by atoms with E-state index in [1.165, 1.54) is 19.4 Å². The van der Waals surface area contributed by atoms with Crippen molar-refractivity contribution >= 4 is 31.6 Å². The molecule has 2 aromatic heterocycles. The molecule has 0 aromatic carbocycles. The monoisotopic (exact) mass is 306 g/mol. The molecule has 0 spiro atoms. The topological polar surface area (TPSA) is 106 Å². The normalized spacial score (nSPS) is 11.6. The Balaban J connectivity index is 2.40. The number of sulfonamides is 1. The molecule has 0 amide bonds. The van der Waals surface area contributed by atoms with E-state index in [0.29, 0.717) is 5.69 Å². The lowest BCUT2D eigenvalue weighted by atomic mass is 10.6. The number of nitrogens with zero attached hydrogens (tertiary/aromatic N) is 4. The molecule has 16 heavy (non-hydrogen) atoms. The summed E-state index contributed by atoms with van der Waals surface area (Å²) in [4.78, 5) is 0. The van der Waals surface area contributed by atoms with E-state index >= 15 is 0 Å². The number of hydrogen-bond acceptors (Lipinski definition) is 5. The predicted molar refractivity (Wildman–Crippen MR) is 58.1 cm³/mol. The smallest absolute Gasteiger partial charge is 0.282 e. The SMILES string of the molecule is Cn1nnc(Br)c1S(=O)(=O)Nc1cn[nH]c1. The van der Waals surface area contributed by atoms with E-state index in [1.807, 2.05) is 0 Å². The van der Waals surface area contributed by atoms with E-state index in [4.69, 9.17) is 0 Å². The van der Waals surface area contributed by atoms with Gasteiger partial charge in [0.2, 0.25) is 5.03 Å². The van der Waals surface area contributed by atoms with Crippen molar-refractivity contribution in [2.45, 2.75) is 5.03 Å². The largest absolute Gasteiger partial charge is 0.284 e. The fraction of sp³-hybridized carbons (Fsp3) is 0.167. The van der Waals surface area contributed by atoms with Gasteiger partial charge in [0.1, 0.15) is 0 Å². The van der Waals surface area contributed by atoms with Crippen LogP contribution in [0.1, 0.15) is 0 Å². The number of aromatic amines is 1. The third-order valence-electron chi connectivity index (χ3n) is 1.74. The van der Waals surface area contributed by atoms with Crippen molar-refractivity contribution in [1.29, 1.82) is 0 Å². The van der Waals surface area contributed by atoms with Crippen LogP contribution >= 0.6 is 15.9 Å². The van der Waals surface area contributed by atoms with Crippen LogP contribution < -0.4 is 4.72 Å². The first kappa shape index (κ1) is 11.1. The minimum atomic E-state index is -3.72. The van der Waals surface area contributed by atoms with Crippen molar-refractivity contribution in [2.75, 3.05) is 4.72 Å². The van der Waals surface area contributed by atoms with E-state index in [9.17, 15) is 8.42 Å². The minimum absolute atomic E-state index is 0.0475. The lowest BCUT2D eigenvalue weighted by Crippen LogP contribution is -2.16. The van der Waals surface area contributed by atoms with Crippen molar-refractivity contribution < 1.29 is 8.42 Å². The van der Waals surface area contributed by atoms with Crippen molar-refractivity contribution in [1.82, 2.24) is 25.2 Å². The third kappa shape index (κ3) is 1.93. The Hall–Kier alpha value is -1.42. The second-order valence-electron chi connectivity index (χ2n) is 2.90. The second-order valence-corrected chi connectivity index (χ2v) is 5.25. The average molecular weight is 307 g/mol. The molecule has 0 saturated carbocycles. The molecular weight excluding hydrogens is 300 g/mol. The highest BCUT2D eigenvalue weighted by atomic mass is 79.9. The van der Waals surface area contributed by atoms with Crippen molar-refractivity contribution in [3.8, 4) is 0 Å². The van der Waals surface area contributed by atoms with Gasteiger partial charge in [-0.25, -0.2) is 4.68 Å². The van der Waals surface area contributed by atoms with Crippen LogP contribution in [-0.4, -0.2) is 33.6 Å². The third-order valence-corrected chi connectivity index (χ3v) is 4.01. The van der Waals surface area contributed by atoms with Gasteiger partial charge in [-0.3, -0.25) is 9.82 Å². The molecule has 0 aliphatic carbocycles. The number of rotatable bonds is 3. The summed E-state index contributed by atoms with van der Waals surface area (Å²) in [5, 5.41) is 13.3. The standard InChI is InChI=1S/C6H7BrN6O2S/c1-13-6(5(7)10-12-13)16(14,15)11-4-2-8-9-3-4/h2-3,11H,1H3,(H,8,9). The van der Waals surface area contributed by atoms with Crippen LogP contribution in [0.3, 0.4) is 0 Å². The molecular formula is C6H7BrN6O2S. The maximum Gasteiger partial charge on any atom is 0.282 e. The number of halogens is 1.